The average Bonchev–Trinajstić information content (AvgIpc) is 2.76. The number of hydrogen-bond acceptors (Lipinski definition) is 5. The van der Waals surface area contributed by atoms with Crippen molar-refractivity contribution in [3.8, 4) is 0 Å². The average molecular weight is 242 g/mol. The highest BCUT2D eigenvalue weighted by Crippen LogP contribution is 2.40. The van der Waals surface area contributed by atoms with Gasteiger partial charge in [-0.3, -0.25) is 4.79 Å². The number of methoxy groups -OCH3 is 1. The second-order valence-corrected chi connectivity index (χ2v) is 4.67. The summed E-state index contributed by atoms with van der Waals surface area (Å²) in [5.41, 5.74) is 0. The lowest BCUT2D eigenvalue weighted by molar-refractivity contribution is -0.305. The van der Waals surface area contributed by atoms with Crippen molar-refractivity contribution in [1.29, 1.82) is 0 Å². The molecule has 1 aliphatic carbocycles. The highest BCUT2D eigenvalue weighted by Gasteiger charge is 2.45. The Hall–Kier alpha value is -0.940. The van der Waals surface area contributed by atoms with Crippen molar-refractivity contribution >= 4 is 12.3 Å². The summed E-state index contributed by atoms with van der Waals surface area (Å²) < 4.78 is 16.2. The van der Waals surface area contributed by atoms with Crippen molar-refractivity contribution in [3.63, 3.8) is 0 Å². The lowest BCUT2D eigenvalue weighted by Gasteiger charge is -2.40. The molecule has 0 aromatic carbocycles. The highest BCUT2D eigenvalue weighted by molar-refractivity contribution is 5.70. The Morgan fingerprint density at radius 3 is 2.71 bits per heavy atom. The van der Waals surface area contributed by atoms with Crippen LogP contribution in [0.15, 0.2) is 0 Å². The van der Waals surface area contributed by atoms with E-state index < -0.39 is 11.9 Å². The molecule has 0 aromatic heterocycles. The predicted molar refractivity (Wildman–Crippen MR) is 58.3 cm³/mol. The van der Waals surface area contributed by atoms with Gasteiger partial charge in [-0.1, -0.05) is 0 Å². The van der Waals surface area contributed by atoms with Gasteiger partial charge in [0.1, 0.15) is 12.4 Å². The summed E-state index contributed by atoms with van der Waals surface area (Å²) in [6, 6.07) is 0. The molecule has 1 spiro atoms. The third-order valence-corrected chi connectivity index (χ3v) is 3.38. The predicted octanol–water partition coefficient (Wildman–Crippen LogP) is 1.19. The first-order chi connectivity index (χ1) is 8.17. The molecule has 96 valence electrons. The molecule has 2 unspecified atom stereocenters. The quantitative estimate of drug-likeness (QED) is 0.549. The van der Waals surface area contributed by atoms with E-state index in [0.717, 1.165) is 32.0 Å². The molecule has 2 rings (SSSR count). The normalized spacial score (nSPS) is 31.4. The summed E-state index contributed by atoms with van der Waals surface area (Å²) in [4.78, 5) is 22.2. The molecule has 1 saturated carbocycles. The van der Waals surface area contributed by atoms with Gasteiger partial charge in [-0.05, 0) is 12.8 Å². The Kier molecular flexibility index (Phi) is 3.79. The number of esters is 1. The monoisotopic (exact) mass is 242 g/mol. The van der Waals surface area contributed by atoms with E-state index in [1.54, 1.807) is 0 Å². The largest absolute Gasteiger partial charge is 0.469 e. The number of rotatable bonds is 3. The Labute approximate surface area is 100 Å². The lowest BCUT2D eigenvalue weighted by Crippen LogP contribution is -2.48. The SMILES string of the molecule is COC(=O)CC1CC(C=O)OC2(CCCC2)O1. The summed E-state index contributed by atoms with van der Waals surface area (Å²) in [7, 11) is 1.35. The van der Waals surface area contributed by atoms with E-state index in [9.17, 15) is 9.59 Å². The minimum Gasteiger partial charge on any atom is -0.469 e. The third-order valence-electron chi connectivity index (χ3n) is 3.38. The van der Waals surface area contributed by atoms with Crippen LogP contribution in [0.5, 0.6) is 0 Å². The van der Waals surface area contributed by atoms with E-state index in [1.165, 1.54) is 7.11 Å². The standard InChI is InChI=1S/C12H18O5/c1-15-11(14)7-9-6-10(8-13)17-12(16-9)4-2-3-5-12/h8-10H,2-7H2,1H3. The van der Waals surface area contributed by atoms with Crippen molar-refractivity contribution in [2.24, 2.45) is 0 Å². The van der Waals surface area contributed by atoms with Crippen LogP contribution in [0.1, 0.15) is 38.5 Å². The molecule has 5 heteroatoms. The van der Waals surface area contributed by atoms with Crippen LogP contribution in [-0.2, 0) is 23.8 Å². The Bertz CT molecular complexity index is 295. The molecule has 0 aromatic rings. The van der Waals surface area contributed by atoms with E-state index in [0.29, 0.717) is 6.42 Å². The van der Waals surface area contributed by atoms with E-state index in [1.807, 2.05) is 0 Å². The van der Waals surface area contributed by atoms with Gasteiger partial charge < -0.3 is 19.0 Å². The number of hydrogen-bond donors (Lipinski definition) is 0. The van der Waals surface area contributed by atoms with Crippen LogP contribution in [0.2, 0.25) is 0 Å². The zero-order valence-corrected chi connectivity index (χ0v) is 10.0. The molecular formula is C12H18O5. The van der Waals surface area contributed by atoms with Crippen LogP contribution in [0, 0.1) is 0 Å². The molecule has 0 amide bonds. The number of aldehydes is 1. The van der Waals surface area contributed by atoms with Gasteiger partial charge >= 0.3 is 5.97 Å². The lowest BCUT2D eigenvalue weighted by atomic mass is 10.0. The van der Waals surface area contributed by atoms with Gasteiger partial charge in [0.05, 0.1) is 19.6 Å². The fourth-order valence-electron chi connectivity index (χ4n) is 2.59. The van der Waals surface area contributed by atoms with Crippen molar-refractivity contribution < 1.29 is 23.8 Å². The maximum Gasteiger partial charge on any atom is 0.308 e. The van der Waals surface area contributed by atoms with Crippen LogP contribution >= 0.6 is 0 Å². The van der Waals surface area contributed by atoms with E-state index in [4.69, 9.17) is 9.47 Å². The molecule has 1 saturated heterocycles. The van der Waals surface area contributed by atoms with E-state index in [-0.39, 0.29) is 18.5 Å². The molecule has 0 radical (unpaired) electrons. The first-order valence-corrected chi connectivity index (χ1v) is 6.05. The van der Waals surface area contributed by atoms with Crippen molar-refractivity contribution in [2.45, 2.75) is 56.5 Å². The van der Waals surface area contributed by atoms with Gasteiger partial charge in [0, 0.05) is 19.3 Å². The molecule has 1 aliphatic heterocycles. The number of carbonyl (C=O) groups excluding carboxylic acids is 2. The summed E-state index contributed by atoms with van der Waals surface area (Å²) in [5, 5.41) is 0. The van der Waals surface area contributed by atoms with E-state index in [2.05, 4.69) is 4.74 Å². The molecule has 2 fully saturated rings. The smallest absolute Gasteiger partial charge is 0.308 e. The fraction of sp³-hybridized carbons (Fsp3) is 0.833. The summed E-state index contributed by atoms with van der Waals surface area (Å²) in [5.74, 6) is -0.947. The molecule has 0 bridgehead atoms. The van der Waals surface area contributed by atoms with Crippen molar-refractivity contribution in [2.75, 3.05) is 7.11 Å². The van der Waals surface area contributed by atoms with Gasteiger partial charge in [0.15, 0.2) is 5.79 Å². The molecule has 2 atom stereocenters. The summed E-state index contributed by atoms with van der Waals surface area (Å²) >= 11 is 0. The summed E-state index contributed by atoms with van der Waals surface area (Å²) in [6.45, 7) is 0. The number of ether oxygens (including phenoxy) is 3. The molecule has 17 heavy (non-hydrogen) atoms. The highest BCUT2D eigenvalue weighted by atomic mass is 16.7. The maximum absolute atomic E-state index is 11.2. The minimum absolute atomic E-state index is 0.186. The van der Waals surface area contributed by atoms with Crippen LogP contribution in [0.3, 0.4) is 0 Å². The first-order valence-electron chi connectivity index (χ1n) is 6.05. The second-order valence-electron chi connectivity index (χ2n) is 4.67. The maximum atomic E-state index is 11.2. The Morgan fingerprint density at radius 1 is 1.41 bits per heavy atom. The van der Waals surface area contributed by atoms with Gasteiger partial charge in [-0.25, -0.2) is 0 Å². The molecule has 0 N–H and O–H groups in total. The van der Waals surface area contributed by atoms with Crippen LogP contribution in [-0.4, -0.2) is 37.4 Å². The van der Waals surface area contributed by atoms with Gasteiger partial charge in [-0.15, -0.1) is 0 Å². The summed E-state index contributed by atoms with van der Waals surface area (Å²) in [6.07, 6.45) is 4.36. The number of carbonyl (C=O) groups is 2. The van der Waals surface area contributed by atoms with Crippen LogP contribution < -0.4 is 0 Å². The first kappa shape index (κ1) is 12.5. The fourth-order valence-corrected chi connectivity index (χ4v) is 2.59. The van der Waals surface area contributed by atoms with Gasteiger partial charge in [0.25, 0.3) is 0 Å². The topological polar surface area (TPSA) is 61.8 Å². The Balaban J connectivity index is 2.02. The zero-order valence-electron chi connectivity index (χ0n) is 10.0. The molecule has 2 aliphatic rings. The van der Waals surface area contributed by atoms with E-state index >= 15 is 0 Å². The molecular weight excluding hydrogens is 224 g/mol. The second kappa shape index (κ2) is 5.14. The van der Waals surface area contributed by atoms with Gasteiger partial charge in [-0.2, -0.15) is 0 Å². The van der Waals surface area contributed by atoms with Crippen molar-refractivity contribution in [1.82, 2.24) is 0 Å². The minimum atomic E-state index is -0.636. The van der Waals surface area contributed by atoms with Gasteiger partial charge in [0.2, 0.25) is 0 Å². The van der Waals surface area contributed by atoms with Crippen molar-refractivity contribution in [3.05, 3.63) is 0 Å². The zero-order chi connectivity index (χ0) is 12.3. The van der Waals surface area contributed by atoms with Crippen LogP contribution in [0.4, 0.5) is 0 Å². The third kappa shape index (κ3) is 2.84. The Morgan fingerprint density at radius 2 is 2.12 bits per heavy atom. The molecule has 5 nitrogen and oxygen atoms in total. The van der Waals surface area contributed by atoms with Crippen LogP contribution in [0.25, 0.3) is 0 Å². The molecule has 1 heterocycles.